The van der Waals surface area contributed by atoms with Crippen LogP contribution in [0.1, 0.15) is 29.2 Å². The van der Waals surface area contributed by atoms with Crippen molar-refractivity contribution < 1.29 is 14.3 Å². The number of Topliss-reactive ketones (excluding diaryl/α,β-unsaturated/α-hetero) is 1. The molecule has 104 valence electrons. The summed E-state index contributed by atoms with van der Waals surface area (Å²) in [5, 5.41) is 0. The van der Waals surface area contributed by atoms with Gasteiger partial charge >= 0.3 is 0 Å². The lowest BCUT2D eigenvalue weighted by Gasteiger charge is -2.42. The van der Waals surface area contributed by atoms with Crippen LogP contribution in [0.25, 0.3) is 0 Å². The first-order valence-corrected chi connectivity index (χ1v) is 7.08. The Morgan fingerprint density at radius 2 is 1.79 bits per heavy atom. The van der Waals surface area contributed by atoms with Crippen LogP contribution in [0, 0.1) is 20.8 Å². The fraction of sp³-hybridized carbons (Fsp3) is 0.533. The molecule has 19 heavy (non-hydrogen) atoms. The number of methoxy groups -OCH3 is 1. The predicted molar refractivity (Wildman–Crippen MR) is 78.1 cm³/mol. The molecule has 0 aromatic heterocycles. The molecule has 0 amide bonds. The Balaban J connectivity index is 2.79. The highest BCUT2D eigenvalue weighted by Crippen LogP contribution is 2.46. The molecule has 0 aliphatic carbocycles. The molecule has 0 saturated carbocycles. The van der Waals surface area contributed by atoms with E-state index in [-0.39, 0.29) is 5.78 Å². The molecule has 0 N–H and O–H groups in total. The average Bonchev–Trinajstić information content (AvgIpc) is 2.31. The highest BCUT2D eigenvalue weighted by molar-refractivity contribution is 9.10. The SMILES string of the molecule is COc1c(C)c(C)c(Br)c(C)c1C1(C(C)=O)COC1. The number of hydrogen-bond acceptors (Lipinski definition) is 3. The summed E-state index contributed by atoms with van der Waals surface area (Å²) >= 11 is 3.63. The van der Waals surface area contributed by atoms with E-state index in [4.69, 9.17) is 9.47 Å². The minimum Gasteiger partial charge on any atom is -0.496 e. The number of hydrogen-bond donors (Lipinski definition) is 0. The Hall–Kier alpha value is -0.870. The van der Waals surface area contributed by atoms with E-state index in [0.29, 0.717) is 13.2 Å². The quantitative estimate of drug-likeness (QED) is 0.855. The van der Waals surface area contributed by atoms with Gasteiger partial charge in [-0.1, -0.05) is 15.9 Å². The molecule has 0 bridgehead atoms. The van der Waals surface area contributed by atoms with Crippen LogP contribution in [0.4, 0.5) is 0 Å². The van der Waals surface area contributed by atoms with E-state index >= 15 is 0 Å². The molecule has 3 nitrogen and oxygen atoms in total. The van der Waals surface area contributed by atoms with Gasteiger partial charge in [0.05, 0.1) is 20.3 Å². The maximum atomic E-state index is 12.1. The zero-order valence-electron chi connectivity index (χ0n) is 12.0. The molecule has 2 rings (SSSR count). The fourth-order valence-electron chi connectivity index (χ4n) is 2.74. The van der Waals surface area contributed by atoms with Crippen molar-refractivity contribution in [3.05, 3.63) is 26.7 Å². The second-order valence-corrected chi connectivity index (χ2v) is 6.02. The summed E-state index contributed by atoms with van der Waals surface area (Å²) < 4.78 is 12.0. The van der Waals surface area contributed by atoms with Crippen LogP contribution in [0.2, 0.25) is 0 Å². The molecule has 1 aromatic carbocycles. The summed E-state index contributed by atoms with van der Waals surface area (Å²) in [6.07, 6.45) is 0. The number of carbonyl (C=O) groups is 1. The molecular weight excluding hydrogens is 308 g/mol. The predicted octanol–water partition coefficient (Wildman–Crippen LogP) is 3.24. The second kappa shape index (κ2) is 4.91. The van der Waals surface area contributed by atoms with Gasteiger partial charge in [-0.05, 0) is 44.4 Å². The van der Waals surface area contributed by atoms with Crippen LogP contribution < -0.4 is 4.74 Å². The average molecular weight is 327 g/mol. The van der Waals surface area contributed by atoms with Crippen LogP contribution in [-0.4, -0.2) is 26.1 Å². The maximum Gasteiger partial charge on any atom is 0.145 e. The topological polar surface area (TPSA) is 35.5 Å². The largest absolute Gasteiger partial charge is 0.496 e. The summed E-state index contributed by atoms with van der Waals surface area (Å²) in [6, 6.07) is 0. The summed E-state index contributed by atoms with van der Waals surface area (Å²) in [7, 11) is 1.66. The second-order valence-electron chi connectivity index (χ2n) is 5.23. The highest BCUT2D eigenvalue weighted by atomic mass is 79.9. The molecule has 1 saturated heterocycles. The van der Waals surface area contributed by atoms with Crippen molar-refractivity contribution in [1.29, 1.82) is 0 Å². The summed E-state index contributed by atoms with van der Waals surface area (Å²) in [6.45, 7) is 8.61. The lowest BCUT2D eigenvalue weighted by molar-refractivity contribution is -0.140. The van der Waals surface area contributed by atoms with E-state index in [1.54, 1.807) is 14.0 Å². The molecular formula is C15H19BrO3. The van der Waals surface area contributed by atoms with Gasteiger partial charge in [-0.15, -0.1) is 0 Å². The normalized spacial score (nSPS) is 16.9. The van der Waals surface area contributed by atoms with Crippen molar-refractivity contribution in [2.45, 2.75) is 33.1 Å². The third kappa shape index (κ3) is 1.93. The van der Waals surface area contributed by atoms with Crippen molar-refractivity contribution in [3.63, 3.8) is 0 Å². The summed E-state index contributed by atoms with van der Waals surface area (Å²) in [4.78, 5) is 12.1. The minimum absolute atomic E-state index is 0.135. The van der Waals surface area contributed by atoms with Crippen LogP contribution in [-0.2, 0) is 14.9 Å². The zero-order chi connectivity index (χ0) is 14.4. The van der Waals surface area contributed by atoms with Crippen LogP contribution in [0.15, 0.2) is 4.47 Å². The third-order valence-corrected chi connectivity index (χ3v) is 5.41. The molecule has 4 heteroatoms. The van der Waals surface area contributed by atoms with Gasteiger partial charge in [0.25, 0.3) is 0 Å². The van der Waals surface area contributed by atoms with Gasteiger partial charge in [0.2, 0.25) is 0 Å². The maximum absolute atomic E-state index is 12.1. The number of rotatable bonds is 3. The molecule has 1 aromatic rings. The number of ketones is 1. The Kier molecular flexibility index (Phi) is 3.76. The van der Waals surface area contributed by atoms with Gasteiger partial charge < -0.3 is 9.47 Å². The molecule has 0 unspecified atom stereocenters. The lowest BCUT2D eigenvalue weighted by Crippen LogP contribution is -2.52. The fourth-order valence-corrected chi connectivity index (χ4v) is 3.24. The molecule has 1 aliphatic heterocycles. The van der Waals surface area contributed by atoms with Crippen LogP contribution >= 0.6 is 15.9 Å². The van der Waals surface area contributed by atoms with Crippen molar-refractivity contribution in [1.82, 2.24) is 0 Å². The van der Waals surface area contributed by atoms with Crippen molar-refractivity contribution >= 4 is 21.7 Å². The van der Waals surface area contributed by atoms with Gasteiger partial charge in [-0.2, -0.15) is 0 Å². The van der Waals surface area contributed by atoms with Gasteiger partial charge in [0.15, 0.2) is 0 Å². The van der Waals surface area contributed by atoms with Gasteiger partial charge in [-0.25, -0.2) is 0 Å². The number of carbonyl (C=O) groups excluding carboxylic acids is 1. The van der Waals surface area contributed by atoms with E-state index in [1.807, 2.05) is 13.8 Å². The van der Waals surface area contributed by atoms with Gasteiger partial charge in [0, 0.05) is 10.0 Å². The monoisotopic (exact) mass is 326 g/mol. The Bertz CT molecular complexity index is 545. The van der Waals surface area contributed by atoms with Crippen LogP contribution in [0.5, 0.6) is 5.75 Å². The van der Waals surface area contributed by atoms with Gasteiger partial charge in [0.1, 0.15) is 16.9 Å². The Labute approximate surface area is 122 Å². The number of halogens is 1. The summed E-state index contributed by atoms with van der Waals surface area (Å²) in [5.41, 5.74) is 3.72. The first kappa shape index (κ1) is 14.5. The van der Waals surface area contributed by atoms with Gasteiger partial charge in [-0.3, -0.25) is 4.79 Å². The first-order valence-electron chi connectivity index (χ1n) is 6.29. The number of benzene rings is 1. The van der Waals surface area contributed by atoms with Crippen molar-refractivity contribution in [2.24, 2.45) is 0 Å². The standard InChI is InChI=1S/C15H19BrO3/c1-8-9(2)14(18-5)12(10(3)13(8)16)15(11(4)17)6-19-7-15/h6-7H2,1-5H3. The molecule has 0 spiro atoms. The van der Waals surface area contributed by atoms with Crippen molar-refractivity contribution in [3.8, 4) is 5.75 Å². The smallest absolute Gasteiger partial charge is 0.145 e. The highest BCUT2D eigenvalue weighted by Gasteiger charge is 2.48. The molecule has 0 atom stereocenters. The van der Waals surface area contributed by atoms with E-state index in [1.165, 1.54) is 0 Å². The molecule has 1 heterocycles. The van der Waals surface area contributed by atoms with Crippen molar-refractivity contribution in [2.75, 3.05) is 20.3 Å². The van der Waals surface area contributed by atoms with E-state index in [9.17, 15) is 4.79 Å². The molecule has 1 aliphatic rings. The number of ether oxygens (including phenoxy) is 2. The minimum atomic E-state index is -0.545. The van der Waals surface area contributed by atoms with Crippen LogP contribution in [0.3, 0.4) is 0 Å². The Morgan fingerprint density at radius 3 is 2.16 bits per heavy atom. The molecule has 0 radical (unpaired) electrons. The van der Waals surface area contributed by atoms with E-state index in [2.05, 4.69) is 22.9 Å². The lowest BCUT2D eigenvalue weighted by atomic mass is 9.72. The Morgan fingerprint density at radius 1 is 1.21 bits per heavy atom. The summed E-state index contributed by atoms with van der Waals surface area (Å²) in [5.74, 6) is 0.951. The zero-order valence-corrected chi connectivity index (χ0v) is 13.6. The first-order chi connectivity index (χ1) is 8.86. The third-order valence-electron chi connectivity index (χ3n) is 4.22. The van der Waals surface area contributed by atoms with E-state index in [0.717, 1.165) is 32.5 Å². The van der Waals surface area contributed by atoms with E-state index < -0.39 is 5.41 Å². The molecule has 1 fully saturated rings.